The van der Waals surface area contributed by atoms with Crippen LogP contribution in [0.25, 0.3) is 0 Å². The number of rotatable bonds is 2. The van der Waals surface area contributed by atoms with Crippen LogP contribution >= 0.6 is 27.3 Å². The quantitative estimate of drug-likeness (QED) is 0.801. The van der Waals surface area contributed by atoms with Crippen molar-refractivity contribution in [1.82, 2.24) is 4.31 Å². The summed E-state index contributed by atoms with van der Waals surface area (Å²) in [7, 11) is -3.91. The molecule has 2 aromatic rings. The molecule has 21 heavy (non-hydrogen) atoms. The highest BCUT2D eigenvalue weighted by Gasteiger charge is 2.31. The van der Waals surface area contributed by atoms with Gasteiger partial charge >= 0.3 is 0 Å². The van der Waals surface area contributed by atoms with Gasteiger partial charge in [0.25, 0.3) is 0 Å². The van der Waals surface area contributed by atoms with Gasteiger partial charge < -0.3 is 5.73 Å². The maximum absolute atomic E-state index is 14.2. The van der Waals surface area contributed by atoms with Gasteiger partial charge in [0.05, 0.1) is 4.47 Å². The van der Waals surface area contributed by atoms with Crippen molar-refractivity contribution >= 4 is 43.0 Å². The molecule has 0 amide bonds. The normalized spacial score (nSPS) is 15.9. The van der Waals surface area contributed by atoms with E-state index >= 15 is 0 Å². The summed E-state index contributed by atoms with van der Waals surface area (Å²) in [6, 6.07) is 4.42. The molecule has 0 radical (unpaired) electrons. The first-order chi connectivity index (χ1) is 9.89. The lowest BCUT2D eigenvalue weighted by molar-refractivity contribution is 0.391. The Bertz CT molecular complexity index is 804. The van der Waals surface area contributed by atoms with Crippen molar-refractivity contribution in [2.45, 2.75) is 17.9 Å². The Morgan fingerprint density at radius 3 is 2.90 bits per heavy atom. The first-order valence-corrected chi connectivity index (χ1v) is 9.31. The van der Waals surface area contributed by atoms with E-state index in [4.69, 9.17) is 5.73 Å². The predicted octanol–water partition coefficient (Wildman–Crippen LogP) is 2.98. The lowest BCUT2D eigenvalue weighted by atomic mass is 10.1. The van der Waals surface area contributed by atoms with Gasteiger partial charge in [-0.3, -0.25) is 0 Å². The summed E-state index contributed by atoms with van der Waals surface area (Å²) in [6.45, 7) is 0.620. The van der Waals surface area contributed by atoms with Crippen molar-refractivity contribution in [3.63, 3.8) is 0 Å². The molecule has 1 aliphatic heterocycles. The summed E-state index contributed by atoms with van der Waals surface area (Å²) in [5, 5.41) is 1.94. The molecule has 2 heterocycles. The van der Waals surface area contributed by atoms with Crippen LogP contribution in [0.1, 0.15) is 10.4 Å². The molecule has 2 N–H and O–H groups in total. The number of nitrogens with zero attached hydrogens (tertiary/aromatic N) is 1. The second-order valence-electron chi connectivity index (χ2n) is 4.77. The minimum Gasteiger partial charge on any atom is -0.399 e. The van der Waals surface area contributed by atoms with Crippen molar-refractivity contribution in [1.29, 1.82) is 0 Å². The van der Waals surface area contributed by atoms with Crippen LogP contribution in [0.2, 0.25) is 0 Å². The summed E-state index contributed by atoms with van der Waals surface area (Å²) < 4.78 is 40.8. The fraction of sp³-hybridized carbons (Fsp3) is 0.231. The number of nitrogen functional groups attached to an aromatic ring is 1. The molecule has 112 valence electrons. The average Bonchev–Trinajstić information content (AvgIpc) is 2.89. The summed E-state index contributed by atoms with van der Waals surface area (Å²) in [4.78, 5) is 0.809. The van der Waals surface area contributed by atoms with E-state index in [2.05, 4.69) is 15.9 Å². The van der Waals surface area contributed by atoms with Gasteiger partial charge in [-0.2, -0.15) is 4.31 Å². The molecule has 0 spiro atoms. The molecule has 1 aromatic heterocycles. The van der Waals surface area contributed by atoms with Gasteiger partial charge in [-0.05, 0) is 51.5 Å². The summed E-state index contributed by atoms with van der Waals surface area (Å²) in [5.41, 5.74) is 6.82. The van der Waals surface area contributed by atoms with Crippen molar-refractivity contribution in [2.24, 2.45) is 0 Å². The van der Waals surface area contributed by atoms with Gasteiger partial charge in [0.1, 0.15) is 4.90 Å². The average molecular weight is 391 g/mol. The van der Waals surface area contributed by atoms with Crippen molar-refractivity contribution in [3.05, 3.63) is 44.3 Å². The number of thiophene rings is 1. The number of anilines is 1. The van der Waals surface area contributed by atoms with Crippen LogP contribution in [0.15, 0.2) is 32.9 Å². The highest BCUT2D eigenvalue weighted by atomic mass is 79.9. The fourth-order valence-corrected chi connectivity index (χ4v) is 5.38. The molecule has 0 saturated carbocycles. The van der Waals surface area contributed by atoms with E-state index in [0.717, 1.165) is 5.56 Å². The predicted molar refractivity (Wildman–Crippen MR) is 84.1 cm³/mol. The van der Waals surface area contributed by atoms with Gasteiger partial charge in [-0.15, -0.1) is 11.3 Å². The van der Waals surface area contributed by atoms with Crippen molar-refractivity contribution in [3.8, 4) is 0 Å². The van der Waals surface area contributed by atoms with E-state index in [1.165, 1.54) is 21.3 Å². The molecule has 0 atom stereocenters. The lowest BCUT2D eigenvalue weighted by Crippen LogP contribution is -2.35. The molecule has 0 bridgehead atoms. The maximum Gasteiger partial charge on any atom is 0.246 e. The number of halogens is 2. The van der Waals surface area contributed by atoms with Gasteiger partial charge in [0.2, 0.25) is 10.0 Å². The number of hydrogen-bond acceptors (Lipinski definition) is 4. The highest BCUT2D eigenvalue weighted by molar-refractivity contribution is 9.10. The monoisotopic (exact) mass is 390 g/mol. The van der Waals surface area contributed by atoms with Gasteiger partial charge in [0.15, 0.2) is 5.82 Å². The topological polar surface area (TPSA) is 63.4 Å². The third-order valence-corrected chi connectivity index (χ3v) is 6.85. The highest BCUT2D eigenvalue weighted by Crippen LogP contribution is 2.32. The van der Waals surface area contributed by atoms with Gasteiger partial charge in [-0.25, -0.2) is 12.8 Å². The van der Waals surface area contributed by atoms with Crippen LogP contribution in [0.5, 0.6) is 0 Å². The Kier molecular flexibility index (Phi) is 3.81. The standard InChI is InChI=1S/C13H12BrFN2O2S2/c14-10-5-9(16)6-12(13(10)15)21(18,19)17-3-1-11-8(7-17)2-4-20-11/h2,4-6H,1,3,7,16H2. The van der Waals surface area contributed by atoms with E-state index in [1.807, 2.05) is 11.4 Å². The molecule has 0 fully saturated rings. The Hall–Kier alpha value is -0.960. The minimum absolute atomic E-state index is 0.0503. The third kappa shape index (κ3) is 2.61. The van der Waals surface area contributed by atoms with E-state index in [-0.39, 0.29) is 21.6 Å². The third-order valence-electron chi connectivity index (χ3n) is 3.41. The number of nitrogens with two attached hydrogens (primary N) is 1. The second kappa shape index (κ2) is 5.35. The van der Waals surface area contributed by atoms with Crippen LogP contribution in [0.4, 0.5) is 10.1 Å². The van der Waals surface area contributed by atoms with E-state index in [9.17, 15) is 12.8 Å². The molecule has 4 nitrogen and oxygen atoms in total. The first-order valence-electron chi connectivity index (χ1n) is 6.19. The van der Waals surface area contributed by atoms with Crippen LogP contribution in [0.3, 0.4) is 0 Å². The number of benzene rings is 1. The van der Waals surface area contributed by atoms with Crippen LogP contribution in [-0.2, 0) is 23.0 Å². The number of fused-ring (bicyclic) bond motifs is 1. The molecule has 0 saturated heterocycles. The first kappa shape index (κ1) is 15.0. The van der Waals surface area contributed by atoms with Crippen LogP contribution in [0, 0.1) is 5.82 Å². The zero-order valence-corrected chi connectivity index (χ0v) is 14.1. The zero-order valence-electron chi connectivity index (χ0n) is 10.8. The molecule has 8 heteroatoms. The number of hydrogen-bond donors (Lipinski definition) is 1. The van der Waals surface area contributed by atoms with Crippen molar-refractivity contribution < 1.29 is 12.8 Å². The summed E-state index contributed by atoms with van der Waals surface area (Å²) in [5.74, 6) is -0.805. The van der Waals surface area contributed by atoms with E-state index < -0.39 is 15.8 Å². The molecule has 1 aliphatic rings. The molecule has 0 unspecified atom stereocenters. The molecular formula is C13H12BrFN2O2S2. The molecule has 0 aliphatic carbocycles. The Balaban J connectivity index is 2.03. The van der Waals surface area contributed by atoms with Crippen molar-refractivity contribution in [2.75, 3.05) is 12.3 Å². The summed E-state index contributed by atoms with van der Waals surface area (Å²) in [6.07, 6.45) is 0.650. The number of sulfonamides is 1. The lowest BCUT2D eigenvalue weighted by Gasteiger charge is -2.26. The molecule has 3 rings (SSSR count). The zero-order chi connectivity index (χ0) is 15.2. The van der Waals surface area contributed by atoms with Crippen LogP contribution in [-0.4, -0.2) is 19.3 Å². The SMILES string of the molecule is Nc1cc(Br)c(F)c(S(=O)(=O)N2CCc3sccc3C2)c1. The largest absolute Gasteiger partial charge is 0.399 e. The van der Waals surface area contributed by atoms with E-state index in [1.54, 1.807) is 11.3 Å². The Labute approximate surface area is 134 Å². The van der Waals surface area contributed by atoms with Gasteiger partial charge in [-0.1, -0.05) is 0 Å². The summed E-state index contributed by atoms with van der Waals surface area (Å²) >= 11 is 4.62. The Morgan fingerprint density at radius 1 is 1.38 bits per heavy atom. The second-order valence-corrected chi connectivity index (χ2v) is 8.53. The maximum atomic E-state index is 14.2. The smallest absolute Gasteiger partial charge is 0.246 e. The van der Waals surface area contributed by atoms with Crippen LogP contribution < -0.4 is 5.73 Å². The minimum atomic E-state index is -3.91. The van der Waals surface area contributed by atoms with E-state index in [0.29, 0.717) is 13.0 Å². The van der Waals surface area contributed by atoms with Gasteiger partial charge in [0, 0.05) is 23.7 Å². The fourth-order valence-electron chi connectivity index (χ4n) is 2.34. The molecule has 1 aromatic carbocycles. The Morgan fingerprint density at radius 2 is 2.14 bits per heavy atom. The molecular weight excluding hydrogens is 379 g/mol.